The van der Waals surface area contributed by atoms with E-state index in [0.29, 0.717) is 17.7 Å². The first kappa shape index (κ1) is 15.9. The Balaban J connectivity index is 1.87. The Hall–Kier alpha value is -1.52. The molecule has 4 nitrogen and oxygen atoms in total. The number of imidazole rings is 1. The predicted octanol–water partition coefficient (Wildman–Crippen LogP) is 3.19. The summed E-state index contributed by atoms with van der Waals surface area (Å²) in [6.07, 6.45) is 4.48. The summed E-state index contributed by atoms with van der Waals surface area (Å²) >= 11 is 6.26. The molecule has 0 radical (unpaired) electrons. The minimum atomic E-state index is 0.456. The first-order chi connectivity index (χ1) is 10.1. The third-order valence-corrected chi connectivity index (χ3v) is 3.51. The van der Waals surface area contributed by atoms with Gasteiger partial charge in [-0.05, 0) is 17.7 Å². The van der Waals surface area contributed by atoms with E-state index in [4.69, 9.17) is 16.3 Å². The molecule has 114 valence electrons. The van der Waals surface area contributed by atoms with Crippen LogP contribution in [-0.4, -0.2) is 22.2 Å². The molecule has 2 rings (SSSR count). The van der Waals surface area contributed by atoms with Gasteiger partial charge in [-0.15, -0.1) is 0 Å². The van der Waals surface area contributed by atoms with E-state index in [-0.39, 0.29) is 0 Å². The maximum atomic E-state index is 6.26. The van der Waals surface area contributed by atoms with Gasteiger partial charge < -0.3 is 14.6 Å². The van der Waals surface area contributed by atoms with Gasteiger partial charge in [0.1, 0.15) is 11.6 Å². The van der Waals surface area contributed by atoms with E-state index in [9.17, 15) is 0 Å². The Morgan fingerprint density at radius 1 is 1.38 bits per heavy atom. The van der Waals surface area contributed by atoms with E-state index in [1.165, 1.54) is 0 Å². The fourth-order valence-corrected chi connectivity index (χ4v) is 2.24. The zero-order valence-corrected chi connectivity index (χ0v) is 13.5. The molecule has 1 aromatic carbocycles. The van der Waals surface area contributed by atoms with Crippen LogP contribution in [0.2, 0.25) is 5.02 Å². The van der Waals surface area contributed by atoms with Gasteiger partial charge in [-0.1, -0.05) is 31.5 Å². The second-order valence-electron chi connectivity index (χ2n) is 5.35. The molecule has 1 heterocycles. The number of aryl methyl sites for hydroxylation is 1. The summed E-state index contributed by atoms with van der Waals surface area (Å²) in [6, 6.07) is 6.38. The van der Waals surface area contributed by atoms with Crippen molar-refractivity contribution in [3.05, 3.63) is 47.0 Å². The van der Waals surface area contributed by atoms with Crippen molar-refractivity contribution in [3.8, 4) is 5.75 Å². The third-order valence-electron chi connectivity index (χ3n) is 3.21. The number of hydrogen-bond donors (Lipinski definition) is 1. The average molecular weight is 308 g/mol. The van der Waals surface area contributed by atoms with Crippen molar-refractivity contribution in [2.75, 3.05) is 6.61 Å². The van der Waals surface area contributed by atoms with Crippen molar-refractivity contribution in [1.82, 2.24) is 14.9 Å². The Kier molecular flexibility index (Phi) is 5.65. The smallest absolute Gasteiger partial charge is 0.137 e. The first-order valence-electron chi connectivity index (χ1n) is 7.17. The van der Waals surface area contributed by atoms with Crippen molar-refractivity contribution in [1.29, 1.82) is 0 Å². The van der Waals surface area contributed by atoms with Crippen LogP contribution in [0.15, 0.2) is 30.6 Å². The maximum Gasteiger partial charge on any atom is 0.137 e. The van der Waals surface area contributed by atoms with Gasteiger partial charge in [-0.25, -0.2) is 4.98 Å². The predicted molar refractivity (Wildman–Crippen MR) is 85.8 cm³/mol. The number of aromatic nitrogens is 2. The molecule has 1 N–H and O–H groups in total. The molecule has 0 aliphatic rings. The van der Waals surface area contributed by atoms with Gasteiger partial charge in [-0.2, -0.15) is 0 Å². The van der Waals surface area contributed by atoms with E-state index >= 15 is 0 Å². The maximum absolute atomic E-state index is 6.26. The SMILES string of the molecule is CC(C)NCc1ccc(OCCc2nccn2C)c(Cl)c1. The third kappa shape index (κ3) is 4.76. The van der Waals surface area contributed by atoms with Crippen LogP contribution in [0.3, 0.4) is 0 Å². The molecule has 0 aliphatic heterocycles. The van der Waals surface area contributed by atoms with Crippen molar-refractivity contribution in [2.45, 2.75) is 32.9 Å². The summed E-state index contributed by atoms with van der Waals surface area (Å²) in [5.74, 6) is 1.73. The Morgan fingerprint density at radius 2 is 2.19 bits per heavy atom. The average Bonchev–Trinajstić information content (AvgIpc) is 2.84. The molecule has 2 aromatic rings. The van der Waals surface area contributed by atoms with E-state index in [1.54, 1.807) is 6.20 Å². The number of hydrogen-bond acceptors (Lipinski definition) is 3. The number of rotatable bonds is 7. The van der Waals surface area contributed by atoms with Crippen LogP contribution in [0.5, 0.6) is 5.75 Å². The lowest BCUT2D eigenvalue weighted by Crippen LogP contribution is -2.21. The summed E-state index contributed by atoms with van der Waals surface area (Å²) in [5.41, 5.74) is 1.16. The summed E-state index contributed by atoms with van der Waals surface area (Å²) in [6.45, 7) is 5.62. The molecule has 0 spiro atoms. The number of ether oxygens (including phenoxy) is 1. The molecule has 0 aliphatic carbocycles. The van der Waals surface area contributed by atoms with E-state index in [2.05, 4.69) is 24.1 Å². The molecule has 0 amide bonds. The first-order valence-corrected chi connectivity index (χ1v) is 7.55. The molecule has 5 heteroatoms. The van der Waals surface area contributed by atoms with Crippen molar-refractivity contribution in [3.63, 3.8) is 0 Å². The molecule has 21 heavy (non-hydrogen) atoms. The highest BCUT2D eigenvalue weighted by molar-refractivity contribution is 6.32. The number of halogens is 1. The summed E-state index contributed by atoms with van der Waals surface area (Å²) < 4.78 is 7.73. The molecule has 0 atom stereocenters. The highest BCUT2D eigenvalue weighted by Crippen LogP contribution is 2.25. The Bertz CT molecular complexity index is 581. The van der Waals surface area contributed by atoms with Gasteiger partial charge in [0.15, 0.2) is 0 Å². The van der Waals surface area contributed by atoms with Crippen LogP contribution < -0.4 is 10.1 Å². The highest BCUT2D eigenvalue weighted by atomic mass is 35.5. The minimum Gasteiger partial charge on any atom is -0.492 e. The fourth-order valence-electron chi connectivity index (χ4n) is 1.98. The van der Waals surface area contributed by atoms with Crippen LogP contribution >= 0.6 is 11.6 Å². The second kappa shape index (κ2) is 7.48. The summed E-state index contributed by atoms with van der Waals surface area (Å²) in [7, 11) is 1.98. The topological polar surface area (TPSA) is 39.1 Å². The van der Waals surface area contributed by atoms with Crippen molar-refractivity contribution in [2.24, 2.45) is 7.05 Å². The standard InChI is InChI=1S/C16H22ClN3O/c1-12(2)19-11-13-4-5-15(14(17)10-13)21-9-6-16-18-7-8-20(16)3/h4-5,7-8,10,12,19H,6,9,11H2,1-3H3. The van der Waals surface area contributed by atoms with Gasteiger partial charge in [0, 0.05) is 38.4 Å². The summed E-state index contributed by atoms with van der Waals surface area (Å²) in [5, 5.41) is 4.02. The molecular weight excluding hydrogens is 286 g/mol. The minimum absolute atomic E-state index is 0.456. The fraction of sp³-hybridized carbons (Fsp3) is 0.438. The van der Waals surface area contributed by atoms with Gasteiger partial charge >= 0.3 is 0 Å². The van der Waals surface area contributed by atoms with E-state index in [1.807, 2.05) is 36.0 Å². The molecule has 1 aromatic heterocycles. The van der Waals surface area contributed by atoms with Gasteiger partial charge in [-0.3, -0.25) is 0 Å². The van der Waals surface area contributed by atoms with Gasteiger partial charge in [0.25, 0.3) is 0 Å². The van der Waals surface area contributed by atoms with Crippen molar-refractivity contribution >= 4 is 11.6 Å². The Labute approximate surface area is 131 Å². The number of benzene rings is 1. The molecule has 0 saturated heterocycles. The van der Waals surface area contributed by atoms with Crippen LogP contribution in [0.4, 0.5) is 0 Å². The van der Waals surface area contributed by atoms with Crippen LogP contribution in [0.25, 0.3) is 0 Å². The zero-order valence-electron chi connectivity index (χ0n) is 12.8. The molecular formula is C16H22ClN3O. The normalized spacial score (nSPS) is 11.1. The molecule has 0 unspecified atom stereocenters. The summed E-state index contributed by atoms with van der Waals surface area (Å²) in [4.78, 5) is 4.27. The second-order valence-corrected chi connectivity index (χ2v) is 5.76. The largest absolute Gasteiger partial charge is 0.492 e. The Morgan fingerprint density at radius 3 is 2.81 bits per heavy atom. The van der Waals surface area contributed by atoms with Crippen LogP contribution in [0, 0.1) is 0 Å². The van der Waals surface area contributed by atoms with Crippen LogP contribution in [-0.2, 0) is 20.0 Å². The zero-order chi connectivity index (χ0) is 15.2. The number of nitrogens with one attached hydrogen (secondary N) is 1. The van der Waals surface area contributed by atoms with E-state index < -0.39 is 0 Å². The quantitative estimate of drug-likeness (QED) is 0.854. The van der Waals surface area contributed by atoms with Crippen molar-refractivity contribution < 1.29 is 4.74 Å². The van der Waals surface area contributed by atoms with Gasteiger partial charge in [0.2, 0.25) is 0 Å². The molecule has 0 fully saturated rings. The number of nitrogens with zero attached hydrogens (tertiary/aromatic N) is 2. The monoisotopic (exact) mass is 307 g/mol. The lowest BCUT2D eigenvalue weighted by Gasteiger charge is -2.11. The lowest BCUT2D eigenvalue weighted by atomic mass is 10.2. The highest BCUT2D eigenvalue weighted by Gasteiger charge is 2.05. The van der Waals surface area contributed by atoms with E-state index in [0.717, 1.165) is 30.1 Å². The van der Waals surface area contributed by atoms with Crippen LogP contribution in [0.1, 0.15) is 25.2 Å². The molecule has 0 bridgehead atoms. The molecule has 0 saturated carbocycles. The van der Waals surface area contributed by atoms with Gasteiger partial charge in [0.05, 0.1) is 11.6 Å². The lowest BCUT2D eigenvalue weighted by molar-refractivity contribution is 0.317.